The Morgan fingerprint density at radius 2 is 2.06 bits per heavy atom. The minimum Gasteiger partial charge on any atom is -0.382 e. The molecular weight excluding hydrogens is 202 g/mol. The van der Waals surface area contributed by atoms with E-state index in [9.17, 15) is 0 Å². The molecular formula is C13H27NO2. The maximum Gasteiger partial charge on any atom is 0.0700 e. The van der Waals surface area contributed by atoms with Crippen molar-refractivity contribution in [2.24, 2.45) is 5.92 Å². The third-order valence-electron chi connectivity index (χ3n) is 3.14. The quantitative estimate of drug-likeness (QED) is 0.551. The molecule has 0 radical (unpaired) electrons. The summed E-state index contributed by atoms with van der Waals surface area (Å²) in [6.07, 6.45) is 6.64. The highest BCUT2D eigenvalue weighted by Crippen LogP contribution is 2.33. The number of methoxy groups -OCH3 is 1. The number of ether oxygens (including phenoxy) is 2. The average Bonchev–Trinajstić information content (AvgIpc) is 3.10. The van der Waals surface area contributed by atoms with Gasteiger partial charge in [-0.05, 0) is 31.7 Å². The highest BCUT2D eigenvalue weighted by atomic mass is 16.5. The Hall–Kier alpha value is -0.120. The number of rotatable bonds is 11. The molecule has 1 N–H and O–H groups in total. The van der Waals surface area contributed by atoms with Crippen LogP contribution in [0.2, 0.25) is 0 Å². The van der Waals surface area contributed by atoms with Gasteiger partial charge in [-0.1, -0.05) is 19.8 Å². The lowest BCUT2D eigenvalue weighted by molar-refractivity contribution is 0.0692. The van der Waals surface area contributed by atoms with Crippen molar-refractivity contribution < 1.29 is 9.47 Å². The van der Waals surface area contributed by atoms with Crippen molar-refractivity contribution in [3.8, 4) is 0 Å². The molecule has 1 unspecified atom stereocenters. The van der Waals surface area contributed by atoms with E-state index >= 15 is 0 Å². The standard InChI is InChI=1S/C13H27NO2/c1-3-13(11-12-5-6-12)14-7-4-8-16-10-9-15-2/h12-14H,3-11H2,1-2H3. The molecule has 1 rings (SSSR count). The second kappa shape index (κ2) is 8.97. The minimum atomic E-state index is 0.701. The van der Waals surface area contributed by atoms with Crippen molar-refractivity contribution in [1.82, 2.24) is 5.32 Å². The molecule has 3 nitrogen and oxygen atoms in total. The van der Waals surface area contributed by atoms with Crippen LogP contribution < -0.4 is 5.32 Å². The van der Waals surface area contributed by atoms with E-state index in [1.165, 1.54) is 25.7 Å². The van der Waals surface area contributed by atoms with Gasteiger partial charge in [0.05, 0.1) is 13.2 Å². The Morgan fingerprint density at radius 1 is 1.25 bits per heavy atom. The molecule has 1 atom stereocenters. The highest BCUT2D eigenvalue weighted by Gasteiger charge is 2.24. The van der Waals surface area contributed by atoms with E-state index in [0.29, 0.717) is 6.61 Å². The first-order chi connectivity index (χ1) is 7.86. The van der Waals surface area contributed by atoms with Gasteiger partial charge >= 0.3 is 0 Å². The molecule has 0 aliphatic heterocycles. The first kappa shape index (κ1) is 13.9. The van der Waals surface area contributed by atoms with Crippen molar-refractivity contribution in [3.05, 3.63) is 0 Å². The number of hydrogen-bond acceptors (Lipinski definition) is 3. The minimum absolute atomic E-state index is 0.701. The Labute approximate surface area is 99.9 Å². The maximum absolute atomic E-state index is 5.42. The fourth-order valence-electron chi connectivity index (χ4n) is 1.87. The number of nitrogens with one attached hydrogen (secondary N) is 1. The normalized spacial score (nSPS) is 17.6. The van der Waals surface area contributed by atoms with Gasteiger partial charge in [0.2, 0.25) is 0 Å². The summed E-state index contributed by atoms with van der Waals surface area (Å²) in [5, 5.41) is 3.62. The SMILES string of the molecule is CCC(CC1CC1)NCCCOCCOC. The van der Waals surface area contributed by atoms with Gasteiger partial charge in [0.25, 0.3) is 0 Å². The number of hydrogen-bond donors (Lipinski definition) is 1. The molecule has 1 aliphatic rings. The van der Waals surface area contributed by atoms with E-state index in [2.05, 4.69) is 12.2 Å². The molecule has 16 heavy (non-hydrogen) atoms. The van der Waals surface area contributed by atoms with Crippen LogP contribution in [-0.4, -0.2) is 39.5 Å². The van der Waals surface area contributed by atoms with Crippen LogP contribution in [0.25, 0.3) is 0 Å². The van der Waals surface area contributed by atoms with Crippen molar-refractivity contribution in [2.45, 2.75) is 45.1 Å². The third kappa shape index (κ3) is 7.20. The van der Waals surface area contributed by atoms with E-state index in [0.717, 1.165) is 38.1 Å². The molecule has 1 aliphatic carbocycles. The van der Waals surface area contributed by atoms with Crippen LogP contribution in [0.4, 0.5) is 0 Å². The fraction of sp³-hybridized carbons (Fsp3) is 1.00. The van der Waals surface area contributed by atoms with Crippen molar-refractivity contribution in [1.29, 1.82) is 0 Å². The fourth-order valence-corrected chi connectivity index (χ4v) is 1.87. The summed E-state index contributed by atoms with van der Waals surface area (Å²) in [6, 6.07) is 0.728. The maximum atomic E-state index is 5.42. The zero-order valence-corrected chi connectivity index (χ0v) is 10.8. The molecule has 0 bridgehead atoms. The van der Waals surface area contributed by atoms with E-state index in [1.807, 2.05) is 0 Å². The largest absolute Gasteiger partial charge is 0.382 e. The summed E-state index contributed by atoms with van der Waals surface area (Å²) < 4.78 is 10.3. The Kier molecular flexibility index (Phi) is 7.81. The monoisotopic (exact) mass is 229 g/mol. The zero-order valence-electron chi connectivity index (χ0n) is 10.8. The molecule has 0 heterocycles. The van der Waals surface area contributed by atoms with Crippen LogP contribution >= 0.6 is 0 Å². The third-order valence-corrected chi connectivity index (χ3v) is 3.14. The van der Waals surface area contributed by atoms with E-state index in [1.54, 1.807) is 7.11 Å². The molecule has 0 amide bonds. The Balaban J connectivity index is 1.84. The van der Waals surface area contributed by atoms with Crippen LogP contribution in [-0.2, 0) is 9.47 Å². The van der Waals surface area contributed by atoms with Crippen LogP contribution in [0.5, 0.6) is 0 Å². The Bertz CT molecular complexity index is 160. The van der Waals surface area contributed by atoms with E-state index in [-0.39, 0.29) is 0 Å². The van der Waals surface area contributed by atoms with Gasteiger partial charge in [-0.2, -0.15) is 0 Å². The van der Waals surface area contributed by atoms with Gasteiger partial charge in [-0.3, -0.25) is 0 Å². The summed E-state index contributed by atoms with van der Waals surface area (Å²) in [6.45, 7) is 5.62. The second-order valence-electron chi connectivity index (χ2n) is 4.70. The lowest BCUT2D eigenvalue weighted by atomic mass is 10.1. The summed E-state index contributed by atoms with van der Waals surface area (Å²) in [4.78, 5) is 0. The molecule has 0 saturated heterocycles. The molecule has 0 aromatic rings. The van der Waals surface area contributed by atoms with E-state index in [4.69, 9.17) is 9.47 Å². The Morgan fingerprint density at radius 3 is 2.69 bits per heavy atom. The summed E-state index contributed by atoms with van der Waals surface area (Å²) in [7, 11) is 1.70. The highest BCUT2D eigenvalue weighted by molar-refractivity contribution is 4.79. The molecule has 0 spiro atoms. The first-order valence-corrected chi connectivity index (χ1v) is 6.66. The molecule has 0 aromatic carbocycles. The van der Waals surface area contributed by atoms with Crippen molar-refractivity contribution >= 4 is 0 Å². The predicted molar refractivity (Wildman–Crippen MR) is 66.7 cm³/mol. The van der Waals surface area contributed by atoms with Gasteiger partial charge in [0.15, 0.2) is 0 Å². The lowest BCUT2D eigenvalue weighted by Crippen LogP contribution is -2.30. The topological polar surface area (TPSA) is 30.5 Å². The van der Waals surface area contributed by atoms with Gasteiger partial charge in [-0.25, -0.2) is 0 Å². The predicted octanol–water partition coefficient (Wildman–Crippen LogP) is 2.21. The zero-order chi connectivity index (χ0) is 11.6. The second-order valence-corrected chi connectivity index (χ2v) is 4.70. The average molecular weight is 229 g/mol. The van der Waals surface area contributed by atoms with Crippen LogP contribution in [0.3, 0.4) is 0 Å². The molecule has 96 valence electrons. The first-order valence-electron chi connectivity index (χ1n) is 6.66. The molecule has 1 saturated carbocycles. The molecule has 1 fully saturated rings. The lowest BCUT2D eigenvalue weighted by Gasteiger charge is -2.16. The van der Waals surface area contributed by atoms with Gasteiger partial charge < -0.3 is 14.8 Å². The smallest absolute Gasteiger partial charge is 0.0700 e. The van der Waals surface area contributed by atoms with Crippen LogP contribution in [0.15, 0.2) is 0 Å². The van der Waals surface area contributed by atoms with Crippen LogP contribution in [0, 0.1) is 5.92 Å². The summed E-state index contributed by atoms with van der Waals surface area (Å²) >= 11 is 0. The van der Waals surface area contributed by atoms with Crippen molar-refractivity contribution in [2.75, 3.05) is 33.5 Å². The summed E-state index contributed by atoms with van der Waals surface area (Å²) in [5.41, 5.74) is 0. The molecule has 3 heteroatoms. The summed E-state index contributed by atoms with van der Waals surface area (Å²) in [5.74, 6) is 1.02. The van der Waals surface area contributed by atoms with Gasteiger partial charge in [-0.15, -0.1) is 0 Å². The van der Waals surface area contributed by atoms with Crippen LogP contribution in [0.1, 0.15) is 39.0 Å². The van der Waals surface area contributed by atoms with E-state index < -0.39 is 0 Å². The van der Waals surface area contributed by atoms with Crippen molar-refractivity contribution in [3.63, 3.8) is 0 Å². The van der Waals surface area contributed by atoms with Gasteiger partial charge in [0.1, 0.15) is 0 Å². The van der Waals surface area contributed by atoms with Gasteiger partial charge in [0, 0.05) is 19.8 Å². The molecule has 0 aromatic heterocycles.